The van der Waals surface area contributed by atoms with Crippen LogP contribution in [0.5, 0.6) is 0 Å². The minimum Gasteiger partial charge on any atom is -0.345 e. The van der Waals surface area contributed by atoms with Gasteiger partial charge >= 0.3 is 0 Å². The van der Waals surface area contributed by atoms with Crippen LogP contribution >= 0.6 is 0 Å². The Balaban J connectivity index is 1.75. The molecule has 2 N–H and O–H groups in total. The number of hydrogen-bond acceptors (Lipinski definition) is 2. The van der Waals surface area contributed by atoms with Crippen molar-refractivity contribution in [2.45, 2.75) is 40.2 Å². The first-order chi connectivity index (χ1) is 12.9. The fourth-order valence-corrected chi connectivity index (χ4v) is 2.90. The van der Waals surface area contributed by atoms with E-state index in [0.717, 1.165) is 6.54 Å². The zero-order valence-corrected chi connectivity index (χ0v) is 16.8. The van der Waals surface area contributed by atoms with Gasteiger partial charge in [-0.25, -0.2) is 0 Å². The second-order valence-corrected chi connectivity index (χ2v) is 7.94. The van der Waals surface area contributed by atoms with E-state index >= 15 is 0 Å². The first-order valence-corrected chi connectivity index (χ1v) is 9.48. The lowest BCUT2D eigenvalue weighted by molar-refractivity contribution is -0.122. The number of carbonyl (C=O) groups excluding carboxylic acids is 1. The molecule has 0 aliphatic heterocycles. The van der Waals surface area contributed by atoms with Crippen LogP contribution in [0.2, 0.25) is 0 Å². The molecule has 0 radical (unpaired) electrons. The summed E-state index contributed by atoms with van der Waals surface area (Å²) in [4.78, 5) is 11.7. The molecule has 0 saturated heterocycles. The summed E-state index contributed by atoms with van der Waals surface area (Å²) in [5.74, 6) is 5.96. The highest BCUT2D eigenvalue weighted by atomic mass is 16.1. The lowest BCUT2D eigenvalue weighted by Gasteiger charge is -2.16. The summed E-state index contributed by atoms with van der Waals surface area (Å²) in [6.07, 6.45) is 4.35. The van der Waals surface area contributed by atoms with Crippen molar-refractivity contribution in [2.75, 3.05) is 13.1 Å². The van der Waals surface area contributed by atoms with Crippen molar-refractivity contribution in [2.24, 2.45) is 5.41 Å². The molecule has 0 saturated carbocycles. The predicted octanol–water partition coefficient (Wildman–Crippen LogP) is 4.60. The maximum atomic E-state index is 11.7. The van der Waals surface area contributed by atoms with E-state index in [0.29, 0.717) is 13.0 Å². The maximum Gasteiger partial charge on any atom is 0.221 e. The number of amides is 1. The van der Waals surface area contributed by atoms with Gasteiger partial charge in [-0.2, -0.15) is 0 Å². The third kappa shape index (κ3) is 7.29. The van der Waals surface area contributed by atoms with Gasteiger partial charge in [0.25, 0.3) is 0 Å². The predicted molar refractivity (Wildman–Crippen MR) is 114 cm³/mol. The van der Waals surface area contributed by atoms with Crippen molar-refractivity contribution >= 4 is 16.7 Å². The molecule has 3 heteroatoms. The molecule has 2 aromatic carbocycles. The van der Waals surface area contributed by atoms with Gasteiger partial charge in [0.2, 0.25) is 5.91 Å². The minimum absolute atomic E-state index is 0.00383. The number of fused-ring (bicyclic) bond motifs is 1. The summed E-state index contributed by atoms with van der Waals surface area (Å²) in [5.41, 5.74) is 1.30. The first kappa shape index (κ1) is 20.7. The number of carbonyl (C=O) groups is 1. The number of rotatable bonds is 6. The molecule has 0 bridgehead atoms. The normalized spacial score (nSPS) is 12.6. The lowest BCUT2D eigenvalue weighted by Crippen LogP contribution is -2.27. The van der Waals surface area contributed by atoms with Crippen LogP contribution in [0.1, 0.15) is 45.7 Å². The van der Waals surface area contributed by atoms with Gasteiger partial charge in [-0.1, -0.05) is 81.2 Å². The molecule has 1 atom stereocenters. The van der Waals surface area contributed by atoms with E-state index in [1.54, 1.807) is 0 Å². The van der Waals surface area contributed by atoms with Crippen molar-refractivity contribution in [1.29, 1.82) is 0 Å². The first-order valence-electron chi connectivity index (χ1n) is 9.48. The van der Waals surface area contributed by atoms with E-state index in [4.69, 9.17) is 0 Å². The molecule has 0 unspecified atom stereocenters. The topological polar surface area (TPSA) is 41.1 Å². The van der Waals surface area contributed by atoms with E-state index in [1.165, 1.54) is 16.3 Å². The van der Waals surface area contributed by atoms with Crippen LogP contribution in [0, 0.1) is 17.3 Å². The maximum absolute atomic E-state index is 11.7. The van der Waals surface area contributed by atoms with Gasteiger partial charge in [-0.05, 0) is 34.8 Å². The van der Waals surface area contributed by atoms with Crippen molar-refractivity contribution in [3.05, 3.63) is 60.2 Å². The fourth-order valence-electron chi connectivity index (χ4n) is 2.90. The van der Waals surface area contributed by atoms with Crippen molar-refractivity contribution < 1.29 is 4.79 Å². The van der Waals surface area contributed by atoms with Gasteiger partial charge < -0.3 is 10.6 Å². The Labute approximate surface area is 163 Å². The number of nitrogens with one attached hydrogen (secondary N) is 2. The minimum atomic E-state index is 0.00383. The van der Waals surface area contributed by atoms with Crippen LogP contribution < -0.4 is 10.6 Å². The van der Waals surface area contributed by atoms with Gasteiger partial charge in [0.1, 0.15) is 0 Å². The fraction of sp³-hybridized carbons (Fsp3) is 0.375. The number of hydrogen-bond donors (Lipinski definition) is 2. The van der Waals surface area contributed by atoms with E-state index < -0.39 is 0 Å². The van der Waals surface area contributed by atoms with E-state index in [2.05, 4.69) is 71.9 Å². The molecule has 0 heterocycles. The highest BCUT2D eigenvalue weighted by molar-refractivity contribution is 5.86. The van der Waals surface area contributed by atoms with Crippen molar-refractivity contribution in [3.63, 3.8) is 0 Å². The van der Waals surface area contributed by atoms with Gasteiger partial charge in [0.05, 0.1) is 6.54 Å². The Bertz CT molecular complexity index is 845. The standard InChI is InChI=1S/C24H30N2O/c1-19(21-15-11-13-20-12-7-8-14-22(20)21)25-16-9-5-6-10-17-26-23(27)18-24(2,3)4/h5,7-9,11-15,19,25H,16-18H2,1-4H3,(H,26,27)/t19-/m1/s1. The van der Waals surface area contributed by atoms with E-state index in [-0.39, 0.29) is 17.4 Å². The van der Waals surface area contributed by atoms with Crippen molar-refractivity contribution in [3.8, 4) is 11.8 Å². The van der Waals surface area contributed by atoms with Gasteiger partial charge in [0, 0.05) is 19.0 Å². The van der Waals surface area contributed by atoms with Crippen LogP contribution in [0.3, 0.4) is 0 Å². The molecule has 27 heavy (non-hydrogen) atoms. The summed E-state index contributed by atoms with van der Waals surface area (Å²) in [6, 6.07) is 15.1. The molecule has 142 valence electrons. The summed E-state index contributed by atoms with van der Waals surface area (Å²) in [6.45, 7) is 9.45. The Morgan fingerprint density at radius 3 is 2.67 bits per heavy atom. The summed E-state index contributed by atoms with van der Waals surface area (Å²) in [5, 5.41) is 8.88. The summed E-state index contributed by atoms with van der Waals surface area (Å²) >= 11 is 0. The average molecular weight is 363 g/mol. The van der Waals surface area contributed by atoms with Gasteiger partial charge in [-0.15, -0.1) is 0 Å². The van der Waals surface area contributed by atoms with Crippen LogP contribution in [0.15, 0.2) is 54.6 Å². The second kappa shape index (κ2) is 9.94. The van der Waals surface area contributed by atoms with Crippen LogP contribution in [-0.2, 0) is 4.79 Å². The Hall–Kier alpha value is -2.57. The molecule has 1 amide bonds. The largest absolute Gasteiger partial charge is 0.345 e. The van der Waals surface area contributed by atoms with Crippen molar-refractivity contribution in [1.82, 2.24) is 10.6 Å². The Morgan fingerprint density at radius 1 is 1.15 bits per heavy atom. The molecule has 0 spiro atoms. The summed E-state index contributed by atoms with van der Waals surface area (Å²) < 4.78 is 0. The Morgan fingerprint density at radius 2 is 1.89 bits per heavy atom. The molecular formula is C24H30N2O. The van der Waals surface area contributed by atoms with Gasteiger partial charge in [-0.3, -0.25) is 4.79 Å². The molecule has 3 nitrogen and oxygen atoms in total. The third-order valence-electron chi connectivity index (χ3n) is 4.20. The van der Waals surface area contributed by atoms with Gasteiger partial charge in [0.15, 0.2) is 0 Å². The van der Waals surface area contributed by atoms with Crippen LogP contribution in [-0.4, -0.2) is 19.0 Å². The quantitative estimate of drug-likeness (QED) is 0.737. The zero-order chi connectivity index (χ0) is 19.7. The zero-order valence-electron chi connectivity index (χ0n) is 16.8. The smallest absolute Gasteiger partial charge is 0.221 e. The SMILES string of the molecule is C[C@@H](NCC=CC#CCNC(=O)CC(C)(C)C)c1cccc2ccccc12. The highest BCUT2D eigenvalue weighted by Gasteiger charge is 2.14. The monoisotopic (exact) mass is 362 g/mol. The molecule has 2 rings (SSSR count). The molecule has 0 fully saturated rings. The molecule has 2 aromatic rings. The molecule has 0 aromatic heterocycles. The second-order valence-electron chi connectivity index (χ2n) is 7.94. The number of benzene rings is 2. The molecular weight excluding hydrogens is 332 g/mol. The molecule has 0 aliphatic carbocycles. The number of allylic oxidation sites excluding steroid dienone is 1. The van der Waals surface area contributed by atoms with Crippen LogP contribution in [0.4, 0.5) is 0 Å². The van der Waals surface area contributed by atoms with Crippen LogP contribution in [0.25, 0.3) is 10.8 Å². The Kier molecular flexibility index (Phi) is 7.64. The molecule has 0 aliphatic rings. The summed E-state index contributed by atoms with van der Waals surface area (Å²) in [7, 11) is 0. The highest BCUT2D eigenvalue weighted by Crippen LogP contribution is 2.23. The average Bonchev–Trinajstić information content (AvgIpc) is 2.61. The lowest BCUT2D eigenvalue weighted by atomic mass is 9.92. The van der Waals surface area contributed by atoms with E-state index in [1.807, 2.05) is 32.9 Å². The third-order valence-corrected chi connectivity index (χ3v) is 4.20. The van der Waals surface area contributed by atoms with E-state index in [9.17, 15) is 4.79 Å².